The molecule has 0 saturated carbocycles. The standard InChI is InChI=1S/C15H10N2OS/c18-13-8-10-11(16-13)6-7-12-14(10)19-15(17-12)9-4-2-1-3-5-9/h1-7H,8H2,(H,16,18). The van der Waals surface area contributed by atoms with Crippen LogP contribution in [0.3, 0.4) is 0 Å². The third kappa shape index (κ3) is 1.64. The van der Waals surface area contributed by atoms with E-state index in [9.17, 15) is 4.79 Å². The summed E-state index contributed by atoms with van der Waals surface area (Å²) in [6.45, 7) is 0. The van der Waals surface area contributed by atoms with Crippen LogP contribution in [0.25, 0.3) is 20.8 Å². The summed E-state index contributed by atoms with van der Waals surface area (Å²) in [6, 6.07) is 14.0. The van der Waals surface area contributed by atoms with Crippen LogP contribution < -0.4 is 5.32 Å². The minimum absolute atomic E-state index is 0.0668. The third-order valence-corrected chi connectivity index (χ3v) is 4.47. The van der Waals surface area contributed by atoms with Crippen molar-refractivity contribution in [1.82, 2.24) is 4.98 Å². The zero-order valence-corrected chi connectivity index (χ0v) is 10.8. The van der Waals surface area contributed by atoms with Gasteiger partial charge >= 0.3 is 0 Å². The van der Waals surface area contributed by atoms with Crippen LogP contribution >= 0.6 is 11.3 Å². The Morgan fingerprint density at radius 2 is 1.95 bits per heavy atom. The van der Waals surface area contributed by atoms with Gasteiger partial charge in [-0.05, 0) is 12.1 Å². The number of anilines is 1. The number of benzene rings is 2. The van der Waals surface area contributed by atoms with Crippen molar-refractivity contribution in [3.05, 3.63) is 48.0 Å². The predicted molar refractivity (Wildman–Crippen MR) is 77.4 cm³/mol. The number of nitrogens with one attached hydrogen (secondary N) is 1. The van der Waals surface area contributed by atoms with Crippen LogP contribution in [0.15, 0.2) is 42.5 Å². The van der Waals surface area contributed by atoms with Crippen LogP contribution in [0.4, 0.5) is 5.69 Å². The lowest BCUT2D eigenvalue weighted by atomic mass is 10.1. The summed E-state index contributed by atoms with van der Waals surface area (Å²) < 4.78 is 1.12. The predicted octanol–water partition coefficient (Wildman–Crippen LogP) is 3.46. The molecule has 4 heteroatoms. The number of fused-ring (bicyclic) bond motifs is 3. The first-order valence-corrected chi connectivity index (χ1v) is 6.90. The average molecular weight is 266 g/mol. The molecule has 0 unspecified atom stereocenters. The number of carbonyl (C=O) groups is 1. The molecule has 19 heavy (non-hydrogen) atoms. The zero-order valence-electron chi connectivity index (χ0n) is 10.0. The number of aromatic nitrogens is 1. The molecule has 0 saturated heterocycles. The van der Waals surface area contributed by atoms with Gasteiger partial charge in [-0.2, -0.15) is 0 Å². The molecule has 0 bridgehead atoms. The van der Waals surface area contributed by atoms with Crippen molar-refractivity contribution in [1.29, 1.82) is 0 Å². The second-order valence-electron chi connectivity index (χ2n) is 4.55. The van der Waals surface area contributed by atoms with Gasteiger partial charge in [0.05, 0.1) is 16.6 Å². The highest BCUT2D eigenvalue weighted by atomic mass is 32.1. The van der Waals surface area contributed by atoms with Crippen molar-refractivity contribution in [2.24, 2.45) is 0 Å². The first-order chi connectivity index (χ1) is 9.31. The van der Waals surface area contributed by atoms with Gasteiger partial charge in [0.1, 0.15) is 5.01 Å². The number of amides is 1. The van der Waals surface area contributed by atoms with E-state index < -0.39 is 0 Å². The van der Waals surface area contributed by atoms with Crippen molar-refractivity contribution in [2.75, 3.05) is 5.32 Å². The van der Waals surface area contributed by atoms with Crippen LogP contribution in [0.5, 0.6) is 0 Å². The molecule has 4 rings (SSSR count). The first kappa shape index (κ1) is 10.7. The molecule has 0 aliphatic carbocycles. The minimum Gasteiger partial charge on any atom is -0.325 e. The summed E-state index contributed by atoms with van der Waals surface area (Å²) in [7, 11) is 0. The average Bonchev–Trinajstić information content (AvgIpc) is 3.01. The van der Waals surface area contributed by atoms with Crippen LogP contribution in [0.1, 0.15) is 5.56 Å². The fourth-order valence-electron chi connectivity index (χ4n) is 2.40. The summed E-state index contributed by atoms with van der Waals surface area (Å²) in [5.74, 6) is 0.0668. The van der Waals surface area contributed by atoms with Gasteiger partial charge in [0.25, 0.3) is 0 Å². The molecule has 2 heterocycles. The second-order valence-corrected chi connectivity index (χ2v) is 5.55. The van der Waals surface area contributed by atoms with Crippen LogP contribution in [-0.4, -0.2) is 10.9 Å². The Labute approximate surface area is 113 Å². The maximum atomic E-state index is 11.5. The number of rotatable bonds is 1. The fourth-order valence-corrected chi connectivity index (χ4v) is 3.51. The number of nitrogens with zero attached hydrogens (tertiary/aromatic N) is 1. The highest BCUT2D eigenvalue weighted by Crippen LogP contribution is 2.37. The largest absolute Gasteiger partial charge is 0.325 e. The van der Waals surface area contributed by atoms with Gasteiger partial charge in [0.2, 0.25) is 5.91 Å². The number of carbonyl (C=O) groups excluding carboxylic acids is 1. The van der Waals surface area contributed by atoms with Crippen LogP contribution in [0.2, 0.25) is 0 Å². The molecule has 3 aromatic rings. The van der Waals surface area contributed by atoms with Crippen molar-refractivity contribution >= 4 is 33.1 Å². The highest BCUT2D eigenvalue weighted by molar-refractivity contribution is 7.22. The molecule has 1 aliphatic rings. The molecule has 0 fully saturated rings. The quantitative estimate of drug-likeness (QED) is 0.733. The van der Waals surface area contributed by atoms with Gasteiger partial charge < -0.3 is 5.32 Å². The first-order valence-electron chi connectivity index (χ1n) is 6.09. The summed E-state index contributed by atoms with van der Waals surface area (Å²) in [6.07, 6.45) is 0.461. The van der Waals surface area contributed by atoms with Crippen molar-refractivity contribution < 1.29 is 4.79 Å². The van der Waals surface area contributed by atoms with Gasteiger partial charge in [-0.1, -0.05) is 30.3 Å². The molecule has 0 radical (unpaired) electrons. The molecule has 1 amide bonds. The summed E-state index contributed by atoms with van der Waals surface area (Å²) in [5.41, 5.74) is 4.11. The Bertz CT molecular complexity index is 793. The zero-order chi connectivity index (χ0) is 12.8. The van der Waals surface area contributed by atoms with E-state index in [-0.39, 0.29) is 5.91 Å². The lowest BCUT2D eigenvalue weighted by Crippen LogP contribution is -2.03. The summed E-state index contributed by atoms with van der Waals surface area (Å²) >= 11 is 1.65. The summed E-state index contributed by atoms with van der Waals surface area (Å²) in [4.78, 5) is 16.2. The fraction of sp³-hybridized carbons (Fsp3) is 0.0667. The lowest BCUT2D eigenvalue weighted by Gasteiger charge is -1.96. The SMILES string of the molecule is O=C1Cc2c(ccc3nc(-c4ccccc4)sc23)N1. The van der Waals surface area contributed by atoms with E-state index in [2.05, 4.69) is 22.4 Å². The molecule has 3 nitrogen and oxygen atoms in total. The Morgan fingerprint density at radius 3 is 2.79 bits per heavy atom. The smallest absolute Gasteiger partial charge is 0.228 e. The Balaban J connectivity index is 1.94. The van der Waals surface area contributed by atoms with Gasteiger partial charge in [0.15, 0.2) is 0 Å². The van der Waals surface area contributed by atoms with Crippen molar-refractivity contribution in [3.8, 4) is 10.6 Å². The van der Waals surface area contributed by atoms with Crippen molar-refractivity contribution in [3.63, 3.8) is 0 Å². The Hall–Kier alpha value is -2.20. The van der Waals surface area contributed by atoms with Gasteiger partial charge in [0, 0.05) is 16.8 Å². The highest BCUT2D eigenvalue weighted by Gasteiger charge is 2.22. The molecular weight excluding hydrogens is 256 g/mol. The van der Waals surface area contributed by atoms with Crippen molar-refractivity contribution in [2.45, 2.75) is 6.42 Å². The molecule has 1 aliphatic heterocycles. The van der Waals surface area contributed by atoms with E-state index in [4.69, 9.17) is 0 Å². The molecule has 92 valence electrons. The van der Waals surface area contributed by atoms with Gasteiger partial charge in [-0.15, -0.1) is 11.3 Å². The number of hydrogen-bond donors (Lipinski definition) is 1. The Morgan fingerprint density at radius 1 is 1.11 bits per heavy atom. The minimum atomic E-state index is 0.0668. The molecule has 0 atom stereocenters. The molecule has 0 spiro atoms. The maximum Gasteiger partial charge on any atom is 0.228 e. The monoisotopic (exact) mass is 266 g/mol. The maximum absolute atomic E-state index is 11.5. The topological polar surface area (TPSA) is 42.0 Å². The van der Waals surface area contributed by atoms with E-state index in [1.807, 2.05) is 30.3 Å². The normalized spacial score (nSPS) is 13.6. The van der Waals surface area contributed by atoms with E-state index >= 15 is 0 Å². The number of hydrogen-bond acceptors (Lipinski definition) is 3. The molecular formula is C15H10N2OS. The van der Waals surface area contributed by atoms with Crippen LogP contribution in [-0.2, 0) is 11.2 Å². The second kappa shape index (κ2) is 3.90. The number of thiazole rings is 1. The van der Waals surface area contributed by atoms with Gasteiger partial charge in [-0.25, -0.2) is 4.98 Å². The van der Waals surface area contributed by atoms with E-state index in [1.54, 1.807) is 11.3 Å². The van der Waals surface area contributed by atoms with Gasteiger partial charge in [-0.3, -0.25) is 4.79 Å². The summed E-state index contributed by atoms with van der Waals surface area (Å²) in [5, 5.41) is 3.88. The molecule has 1 N–H and O–H groups in total. The van der Waals surface area contributed by atoms with E-state index in [1.165, 1.54) is 0 Å². The molecule has 2 aromatic carbocycles. The molecule has 1 aromatic heterocycles. The Kier molecular flexibility index (Phi) is 2.19. The lowest BCUT2D eigenvalue weighted by molar-refractivity contribution is -0.115. The van der Waals surface area contributed by atoms with E-state index in [0.717, 1.165) is 32.0 Å². The van der Waals surface area contributed by atoms with E-state index in [0.29, 0.717) is 6.42 Å². The third-order valence-electron chi connectivity index (χ3n) is 3.29. The van der Waals surface area contributed by atoms with Crippen LogP contribution in [0, 0.1) is 0 Å².